The summed E-state index contributed by atoms with van der Waals surface area (Å²) in [6.45, 7) is 0. The van der Waals surface area contributed by atoms with Gasteiger partial charge in [0.25, 0.3) is 0 Å². The first-order valence-electron chi connectivity index (χ1n) is 6.96. The van der Waals surface area contributed by atoms with Crippen LogP contribution in [-0.2, 0) is 0 Å². The van der Waals surface area contributed by atoms with E-state index in [0.717, 1.165) is 40.7 Å². The molecule has 2 aromatic carbocycles. The number of hydrogen-bond donors (Lipinski definition) is 0. The average Bonchev–Trinajstić information content (AvgIpc) is 3.28. The van der Waals surface area contributed by atoms with Gasteiger partial charge in [0.15, 0.2) is 5.78 Å². The second-order valence-corrected chi connectivity index (χ2v) is 5.31. The zero-order valence-electron chi connectivity index (χ0n) is 11.0. The minimum atomic E-state index is 0.0671. The monoisotopic (exact) mass is 262 g/mol. The summed E-state index contributed by atoms with van der Waals surface area (Å²) >= 11 is 0. The highest BCUT2D eigenvalue weighted by atomic mass is 16.3. The largest absolute Gasteiger partial charge is 0.460 e. The van der Waals surface area contributed by atoms with Gasteiger partial charge in [-0.05, 0) is 18.9 Å². The number of carbonyl (C=O) groups excluding carboxylic acids is 1. The fourth-order valence-electron chi connectivity index (χ4n) is 2.67. The van der Waals surface area contributed by atoms with Crippen molar-refractivity contribution in [2.75, 3.05) is 0 Å². The first-order chi connectivity index (χ1) is 9.84. The van der Waals surface area contributed by atoms with Crippen LogP contribution in [0.15, 0.2) is 59.0 Å². The summed E-state index contributed by atoms with van der Waals surface area (Å²) in [7, 11) is 0. The molecule has 0 unspecified atom stereocenters. The van der Waals surface area contributed by atoms with Crippen LogP contribution in [0.1, 0.15) is 40.4 Å². The maximum absolute atomic E-state index is 12.8. The zero-order chi connectivity index (χ0) is 13.5. The Morgan fingerprint density at radius 1 is 0.950 bits per heavy atom. The van der Waals surface area contributed by atoms with E-state index in [1.807, 2.05) is 54.6 Å². The van der Waals surface area contributed by atoms with Crippen LogP contribution < -0.4 is 0 Å². The third kappa shape index (κ3) is 1.76. The summed E-state index contributed by atoms with van der Waals surface area (Å²) in [6, 6.07) is 17.2. The number of para-hydroxylation sites is 1. The van der Waals surface area contributed by atoms with Crippen LogP contribution in [-0.4, -0.2) is 5.78 Å². The third-order valence-electron chi connectivity index (χ3n) is 3.83. The first kappa shape index (κ1) is 11.5. The summed E-state index contributed by atoms with van der Waals surface area (Å²) in [5, 5.41) is 0.934. The van der Waals surface area contributed by atoms with Gasteiger partial charge in [-0.1, -0.05) is 48.5 Å². The van der Waals surface area contributed by atoms with E-state index in [4.69, 9.17) is 4.42 Å². The smallest absolute Gasteiger partial charge is 0.197 e. The van der Waals surface area contributed by atoms with Gasteiger partial charge in [-0.25, -0.2) is 0 Å². The average molecular weight is 262 g/mol. The van der Waals surface area contributed by atoms with Crippen molar-refractivity contribution in [1.29, 1.82) is 0 Å². The number of furan rings is 1. The van der Waals surface area contributed by atoms with Crippen molar-refractivity contribution in [1.82, 2.24) is 0 Å². The molecule has 0 aliphatic heterocycles. The minimum absolute atomic E-state index is 0.0671. The molecular weight excluding hydrogens is 248 g/mol. The molecule has 2 nitrogen and oxygen atoms in total. The van der Waals surface area contributed by atoms with Gasteiger partial charge in [0.05, 0.1) is 5.56 Å². The normalized spacial score (nSPS) is 14.6. The van der Waals surface area contributed by atoms with Crippen molar-refractivity contribution in [3.05, 3.63) is 71.5 Å². The molecule has 0 radical (unpaired) electrons. The highest BCUT2D eigenvalue weighted by molar-refractivity contribution is 6.17. The number of hydrogen-bond acceptors (Lipinski definition) is 2. The molecule has 0 saturated heterocycles. The number of ketones is 1. The second kappa shape index (κ2) is 4.34. The predicted molar refractivity (Wildman–Crippen MR) is 78.1 cm³/mol. The molecule has 0 atom stereocenters. The Morgan fingerprint density at radius 2 is 1.65 bits per heavy atom. The Kier molecular flexibility index (Phi) is 2.49. The van der Waals surface area contributed by atoms with Crippen molar-refractivity contribution >= 4 is 16.8 Å². The van der Waals surface area contributed by atoms with Gasteiger partial charge in [0.2, 0.25) is 0 Å². The molecule has 1 aromatic heterocycles. The maximum Gasteiger partial charge on any atom is 0.197 e. The molecule has 1 aliphatic rings. The van der Waals surface area contributed by atoms with E-state index >= 15 is 0 Å². The Hall–Kier alpha value is -2.35. The van der Waals surface area contributed by atoms with E-state index in [1.165, 1.54) is 0 Å². The van der Waals surface area contributed by atoms with Gasteiger partial charge in [-0.3, -0.25) is 4.79 Å². The maximum atomic E-state index is 12.8. The minimum Gasteiger partial charge on any atom is -0.460 e. The van der Waals surface area contributed by atoms with Crippen molar-refractivity contribution in [3.8, 4) is 0 Å². The Labute approximate surface area is 117 Å². The fourth-order valence-corrected chi connectivity index (χ4v) is 2.67. The van der Waals surface area contributed by atoms with E-state index < -0.39 is 0 Å². The van der Waals surface area contributed by atoms with Crippen LogP contribution in [0.3, 0.4) is 0 Å². The highest BCUT2D eigenvalue weighted by Crippen LogP contribution is 2.45. The van der Waals surface area contributed by atoms with Crippen molar-refractivity contribution < 1.29 is 9.21 Å². The van der Waals surface area contributed by atoms with Gasteiger partial charge < -0.3 is 4.42 Å². The molecule has 3 aromatic rings. The predicted octanol–water partition coefficient (Wildman–Crippen LogP) is 4.54. The molecule has 0 spiro atoms. The van der Waals surface area contributed by atoms with E-state index in [2.05, 4.69) is 0 Å². The van der Waals surface area contributed by atoms with Crippen LogP contribution in [0.25, 0.3) is 11.0 Å². The number of carbonyl (C=O) groups is 1. The van der Waals surface area contributed by atoms with Crippen LogP contribution in [0, 0.1) is 0 Å². The van der Waals surface area contributed by atoms with Gasteiger partial charge in [-0.15, -0.1) is 0 Å². The van der Waals surface area contributed by atoms with Crippen molar-refractivity contribution in [2.24, 2.45) is 0 Å². The lowest BCUT2D eigenvalue weighted by Gasteiger charge is -2.01. The summed E-state index contributed by atoms with van der Waals surface area (Å²) in [5.74, 6) is 1.36. The van der Waals surface area contributed by atoms with Crippen molar-refractivity contribution in [2.45, 2.75) is 18.8 Å². The molecule has 20 heavy (non-hydrogen) atoms. The van der Waals surface area contributed by atoms with Gasteiger partial charge >= 0.3 is 0 Å². The molecule has 4 rings (SSSR count). The first-order valence-corrected chi connectivity index (χ1v) is 6.96. The number of rotatable bonds is 3. The molecule has 1 aliphatic carbocycles. The fraction of sp³-hybridized carbons (Fsp3) is 0.167. The molecule has 0 bridgehead atoms. The lowest BCUT2D eigenvalue weighted by atomic mass is 9.99. The topological polar surface area (TPSA) is 30.2 Å². The number of fused-ring (bicyclic) bond motifs is 1. The highest BCUT2D eigenvalue weighted by Gasteiger charge is 2.33. The van der Waals surface area contributed by atoms with Crippen LogP contribution in [0.5, 0.6) is 0 Å². The summed E-state index contributed by atoms with van der Waals surface area (Å²) < 4.78 is 5.94. The lowest BCUT2D eigenvalue weighted by Crippen LogP contribution is -2.02. The van der Waals surface area contributed by atoms with E-state index in [1.54, 1.807) is 0 Å². The third-order valence-corrected chi connectivity index (χ3v) is 3.83. The Balaban J connectivity index is 1.93. The van der Waals surface area contributed by atoms with Gasteiger partial charge in [0.1, 0.15) is 11.3 Å². The van der Waals surface area contributed by atoms with Crippen LogP contribution in [0.2, 0.25) is 0 Å². The van der Waals surface area contributed by atoms with Crippen molar-refractivity contribution in [3.63, 3.8) is 0 Å². The molecule has 1 saturated carbocycles. The van der Waals surface area contributed by atoms with Crippen LogP contribution >= 0.6 is 0 Å². The molecule has 1 fully saturated rings. The Bertz CT molecular complexity index is 780. The quantitative estimate of drug-likeness (QED) is 0.648. The molecule has 0 amide bonds. The van der Waals surface area contributed by atoms with E-state index in [9.17, 15) is 4.79 Å². The molecular formula is C18H14O2. The van der Waals surface area contributed by atoms with E-state index in [-0.39, 0.29) is 5.78 Å². The molecule has 0 N–H and O–H groups in total. The summed E-state index contributed by atoms with van der Waals surface area (Å²) in [4.78, 5) is 12.8. The molecule has 1 heterocycles. The standard InChI is InChI=1S/C18H14O2/c19-17(12-6-2-1-3-7-12)16-14-8-4-5-9-15(14)20-18(16)13-10-11-13/h1-9,13H,10-11H2. The summed E-state index contributed by atoms with van der Waals surface area (Å²) in [5.41, 5.74) is 2.30. The SMILES string of the molecule is O=C(c1ccccc1)c1c(C2CC2)oc2ccccc12. The van der Waals surface area contributed by atoms with Crippen LogP contribution in [0.4, 0.5) is 0 Å². The molecule has 98 valence electrons. The summed E-state index contributed by atoms with van der Waals surface area (Å²) in [6.07, 6.45) is 2.24. The van der Waals surface area contributed by atoms with Gasteiger partial charge in [0, 0.05) is 16.9 Å². The Morgan fingerprint density at radius 3 is 2.40 bits per heavy atom. The zero-order valence-corrected chi connectivity index (χ0v) is 11.0. The van der Waals surface area contributed by atoms with E-state index in [0.29, 0.717) is 5.92 Å². The second-order valence-electron chi connectivity index (χ2n) is 5.31. The molecule has 2 heteroatoms. The lowest BCUT2D eigenvalue weighted by molar-refractivity contribution is 0.103. The van der Waals surface area contributed by atoms with Gasteiger partial charge in [-0.2, -0.15) is 0 Å². The number of benzene rings is 2.